The number of amides is 1. The van der Waals surface area contributed by atoms with E-state index in [1.54, 1.807) is 11.6 Å². The molecule has 0 saturated heterocycles. The third-order valence-electron chi connectivity index (χ3n) is 4.23. The van der Waals surface area contributed by atoms with Gasteiger partial charge in [-0.25, -0.2) is 9.37 Å². The Morgan fingerprint density at radius 1 is 1.48 bits per heavy atom. The van der Waals surface area contributed by atoms with E-state index < -0.39 is 19.1 Å². The molecule has 140 valence electrons. The Morgan fingerprint density at radius 2 is 2.37 bits per heavy atom. The molecule has 3 heterocycles. The third-order valence-corrected chi connectivity index (χ3v) is 4.23. The van der Waals surface area contributed by atoms with E-state index in [1.807, 2.05) is 0 Å². The van der Waals surface area contributed by atoms with Crippen molar-refractivity contribution in [2.45, 2.75) is 26.3 Å². The summed E-state index contributed by atoms with van der Waals surface area (Å²) in [6.07, 6.45) is -0.507. The maximum Gasteiger partial charge on any atom is 0.256 e. The summed E-state index contributed by atoms with van der Waals surface area (Å²) >= 11 is 0. The molecule has 0 atom stereocenters. The van der Waals surface area contributed by atoms with Crippen molar-refractivity contribution in [2.75, 3.05) is 13.6 Å². The number of nitrogens with zero attached hydrogens (tertiary/aromatic N) is 5. The number of carbonyl (C=O) groups excluding carboxylic acids is 1. The zero-order valence-corrected chi connectivity index (χ0v) is 14.4. The number of carbonyl (C=O) groups is 1. The van der Waals surface area contributed by atoms with E-state index in [0.29, 0.717) is 17.1 Å². The zero-order chi connectivity index (χ0) is 22.3. The molecular weight excluding hydrogens is 351 g/mol. The van der Waals surface area contributed by atoms with Gasteiger partial charge >= 0.3 is 0 Å². The summed E-state index contributed by atoms with van der Waals surface area (Å²) < 4.78 is 50.2. The van der Waals surface area contributed by atoms with Crippen LogP contribution in [0.4, 0.5) is 4.39 Å². The van der Waals surface area contributed by atoms with Gasteiger partial charge in [0.05, 0.1) is 30.0 Å². The Labute approximate surface area is 160 Å². The van der Waals surface area contributed by atoms with Crippen LogP contribution in [0.5, 0.6) is 0 Å². The molecule has 1 aliphatic rings. The van der Waals surface area contributed by atoms with Crippen molar-refractivity contribution in [2.24, 2.45) is 0 Å². The van der Waals surface area contributed by atoms with Crippen LogP contribution in [0.25, 0.3) is 17.2 Å². The smallest absolute Gasteiger partial charge is 0.256 e. The highest BCUT2D eigenvalue weighted by atomic mass is 19.1. The Morgan fingerprint density at radius 3 is 3.22 bits per heavy atom. The van der Waals surface area contributed by atoms with E-state index in [1.165, 1.54) is 29.4 Å². The standard InChI is InChI=1S/C18H19FN6O2/c1-3-6-20-8-15-22-17(23-27-15)16-14-9-24(2)18(26)12-7-11(19)4-5-13(12)25(14)10-21-16/h4-5,7,10,20H,3,6,8-9H2,1-2H3/i1D2,3D2. The number of benzene rings is 1. The zero-order valence-electron chi connectivity index (χ0n) is 18.4. The van der Waals surface area contributed by atoms with Gasteiger partial charge in [-0.15, -0.1) is 0 Å². The summed E-state index contributed by atoms with van der Waals surface area (Å²) in [7, 11) is 1.61. The number of hydrogen-bond donors (Lipinski definition) is 1. The molecule has 0 saturated carbocycles. The predicted molar refractivity (Wildman–Crippen MR) is 94.6 cm³/mol. The van der Waals surface area contributed by atoms with Crippen LogP contribution >= 0.6 is 0 Å². The van der Waals surface area contributed by atoms with Gasteiger partial charge in [0.2, 0.25) is 11.7 Å². The maximum absolute atomic E-state index is 13.7. The van der Waals surface area contributed by atoms with Gasteiger partial charge in [-0.2, -0.15) is 4.98 Å². The molecule has 0 bridgehead atoms. The minimum absolute atomic E-state index is 0.0514. The van der Waals surface area contributed by atoms with Gasteiger partial charge in [-0.05, 0) is 31.1 Å². The fourth-order valence-corrected chi connectivity index (χ4v) is 2.98. The van der Waals surface area contributed by atoms with Crippen molar-refractivity contribution in [3.05, 3.63) is 47.5 Å². The van der Waals surface area contributed by atoms with Crippen LogP contribution in [-0.2, 0) is 13.1 Å². The van der Waals surface area contributed by atoms with Crippen LogP contribution in [0.1, 0.15) is 40.7 Å². The van der Waals surface area contributed by atoms with Crippen LogP contribution in [-0.4, -0.2) is 44.1 Å². The number of fused-ring (bicyclic) bond motifs is 3. The van der Waals surface area contributed by atoms with Crippen molar-refractivity contribution in [3.63, 3.8) is 0 Å². The fraction of sp³-hybridized carbons (Fsp3) is 0.333. The first-order valence-electron chi connectivity index (χ1n) is 10.3. The lowest BCUT2D eigenvalue weighted by atomic mass is 10.1. The molecule has 0 spiro atoms. The molecule has 1 amide bonds. The van der Waals surface area contributed by atoms with Crippen LogP contribution < -0.4 is 5.32 Å². The molecule has 0 fully saturated rings. The molecule has 1 aliphatic heterocycles. The third kappa shape index (κ3) is 3.10. The fourth-order valence-electron chi connectivity index (χ4n) is 2.98. The summed E-state index contributed by atoms with van der Waals surface area (Å²) in [4.78, 5) is 22.8. The number of aromatic nitrogens is 4. The highest BCUT2D eigenvalue weighted by Gasteiger charge is 2.28. The first-order chi connectivity index (χ1) is 14.7. The van der Waals surface area contributed by atoms with Crippen LogP contribution in [0.3, 0.4) is 0 Å². The van der Waals surface area contributed by atoms with Crippen molar-refractivity contribution in [1.82, 2.24) is 29.9 Å². The van der Waals surface area contributed by atoms with Crippen molar-refractivity contribution >= 4 is 5.91 Å². The molecule has 0 unspecified atom stereocenters. The predicted octanol–water partition coefficient (Wildman–Crippen LogP) is 2.15. The first kappa shape index (κ1) is 13.2. The van der Waals surface area contributed by atoms with Crippen LogP contribution in [0.15, 0.2) is 29.0 Å². The Balaban J connectivity index is 1.60. The number of hydrogen-bond acceptors (Lipinski definition) is 6. The van der Waals surface area contributed by atoms with Crippen LogP contribution in [0.2, 0.25) is 0 Å². The largest absolute Gasteiger partial charge is 0.337 e. The van der Waals surface area contributed by atoms with E-state index in [4.69, 9.17) is 10.0 Å². The average Bonchev–Trinajstić information content (AvgIpc) is 3.32. The van der Waals surface area contributed by atoms with Crippen LogP contribution in [0, 0.1) is 5.82 Å². The number of imidazole rings is 1. The molecule has 4 rings (SSSR count). The van der Waals surface area contributed by atoms with Gasteiger partial charge in [0.25, 0.3) is 5.91 Å². The summed E-state index contributed by atoms with van der Waals surface area (Å²) in [5.41, 5.74) is 1.75. The normalized spacial score (nSPS) is 16.3. The van der Waals surface area contributed by atoms with Crippen molar-refractivity contribution in [1.29, 1.82) is 0 Å². The average molecular weight is 374 g/mol. The first-order valence-corrected chi connectivity index (χ1v) is 8.17. The maximum atomic E-state index is 13.7. The molecule has 0 radical (unpaired) electrons. The SMILES string of the molecule is [2H]C([2H])C([2H])([2H])CNCc1nc(-c2ncn3c2CN(C)C(=O)c2cc(F)ccc2-3)no1. The molecular formula is C18H19FN6O2. The number of rotatable bonds is 5. The molecule has 27 heavy (non-hydrogen) atoms. The van der Waals surface area contributed by atoms with E-state index in [-0.39, 0.29) is 42.8 Å². The highest BCUT2D eigenvalue weighted by Crippen LogP contribution is 2.29. The summed E-state index contributed by atoms with van der Waals surface area (Å²) in [5.74, 6) is -0.456. The lowest BCUT2D eigenvalue weighted by Crippen LogP contribution is -2.25. The quantitative estimate of drug-likeness (QED) is 0.736. The highest BCUT2D eigenvalue weighted by molar-refractivity contribution is 5.98. The molecule has 0 aliphatic carbocycles. The summed E-state index contributed by atoms with van der Waals surface area (Å²) in [6.45, 7) is -1.60. The van der Waals surface area contributed by atoms with Gasteiger partial charge in [-0.1, -0.05) is 12.0 Å². The number of nitrogens with one attached hydrogen (secondary N) is 1. The monoisotopic (exact) mass is 374 g/mol. The van der Waals surface area contributed by atoms with Gasteiger partial charge in [-0.3, -0.25) is 9.36 Å². The summed E-state index contributed by atoms with van der Waals surface area (Å²) in [5, 5.41) is 6.69. The molecule has 2 aromatic heterocycles. The Bertz CT molecular complexity index is 1130. The second kappa shape index (κ2) is 6.92. The van der Waals surface area contributed by atoms with Gasteiger partial charge in [0.15, 0.2) is 0 Å². The van der Waals surface area contributed by atoms with E-state index in [9.17, 15) is 9.18 Å². The van der Waals surface area contributed by atoms with Crippen molar-refractivity contribution in [3.8, 4) is 17.2 Å². The lowest BCUT2D eigenvalue weighted by molar-refractivity contribution is 0.0787. The Hall–Kier alpha value is -3.07. The minimum atomic E-state index is -2.02. The minimum Gasteiger partial charge on any atom is -0.337 e. The van der Waals surface area contributed by atoms with Gasteiger partial charge < -0.3 is 14.7 Å². The topological polar surface area (TPSA) is 89.1 Å². The second-order valence-electron chi connectivity index (χ2n) is 6.05. The Kier molecular flexibility index (Phi) is 3.37. The molecule has 1 aromatic carbocycles. The van der Waals surface area contributed by atoms with E-state index >= 15 is 0 Å². The van der Waals surface area contributed by atoms with E-state index in [2.05, 4.69) is 20.4 Å². The summed E-state index contributed by atoms with van der Waals surface area (Å²) in [6, 6.07) is 3.98. The van der Waals surface area contributed by atoms with Gasteiger partial charge in [0, 0.05) is 12.5 Å². The number of halogens is 1. The second-order valence-corrected chi connectivity index (χ2v) is 6.05. The van der Waals surface area contributed by atoms with Gasteiger partial charge in [0.1, 0.15) is 17.8 Å². The molecule has 3 aromatic rings. The molecule has 8 nitrogen and oxygen atoms in total. The van der Waals surface area contributed by atoms with E-state index in [0.717, 1.165) is 0 Å². The molecule has 1 N–H and O–H groups in total. The lowest BCUT2D eigenvalue weighted by Gasteiger charge is -2.14. The van der Waals surface area contributed by atoms with Crippen molar-refractivity contribution < 1.29 is 19.2 Å². The molecule has 9 heteroatoms.